The molecule has 0 aliphatic heterocycles. The quantitative estimate of drug-likeness (QED) is 0.241. The number of rotatable bonds is 3. The molecular formula is C30H20BrN. The summed E-state index contributed by atoms with van der Waals surface area (Å²) in [5.41, 5.74) is 8.53. The molecule has 0 fully saturated rings. The number of para-hydroxylation sites is 2. The van der Waals surface area contributed by atoms with Crippen LogP contribution in [0.2, 0.25) is 0 Å². The summed E-state index contributed by atoms with van der Waals surface area (Å²) in [4.78, 5) is 0. The van der Waals surface area contributed by atoms with Gasteiger partial charge >= 0.3 is 0 Å². The number of hydrogen-bond acceptors (Lipinski definition) is 0. The van der Waals surface area contributed by atoms with Crippen LogP contribution < -0.4 is 0 Å². The standard InChI is InChI=1S/C30H20BrN/c31-23-16-17-25(27(20-23)21-9-3-1-4-10-21)22-15-18-30-28(19-22)26-13-7-8-14-29(26)32(30)24-11-5-2-6-12-24/h1-20H. The fourth-order valence-electron chi connectivity index (χ4n) is 4.62. The Morgan fingerprint density at radius 2 is 1.16 bits per heavy atom. The Hall–Kier alpha value is -3.62. The van der Waals surface area contributed by atoms with Gasteiger partial charge in [0.2, 0.25) is 0 Å². The maximum atomic E-state index is 3.66. The first kappa shape index (κ1) is 19.1. The number of aromatic nitrogens is 1. The Morgan fingerprint density at radius 3 is 1.97 bits per heavy atom. The van der Waals surface area contributed by atoms with Gasteiger partial charge < -0.3 is 4.57 Å². The minimum Gasteiger partial charge on any atom is -0.309 e. The molecule has 0 aliphatic carbocycles. The van der Waals surface area contributed by atoms with Crippen LogP contribution in [-0.4, -0.2) is 4.57 Å². The van der Waals surface area contributed by atoms with Gasteiger partial charge in [-0.1, -0.05) is 94.8 Å². The molecule has 2 heteroatoms. The fourth-order valence-corrected chi connectivity index (χ4v) is 4.98. The summed E-state index contributed by atoms with van der Waals surface area (Å²) in [6.45, 7) is 0. The number of fused-ring (bicyclic) bond motifs is 3. The molecule has 0 unspecified atom stereocenters. The molecule has 1 nitrogen and oxygen atoms in total. The zero-order valence-corrected chi connectivity index (χ0v) is 19.0. The average Bonchev–Trinajstić information content (AvgIpc) is 3.19. The number of hydrogen-bond donors (Lipinski definition) is 0. The fraction of sp³-hybridized carbons (Fsp3) is 0. The zero-order valence-electron chi connectivity index (χ0n) is 17.4. The van der Waals surface area contributed by atoms with Gasteiger partial charge in [-0.15, -0.1) is 0 Å². The predicted octanol–water partition coefficient (Wildman–Crippen LogP) is 8.88. The summed E-state index contributed by atoms with van der Waals surface area (Å²) in [6.07, 6.45) is 0. The van der Waals surface area contributed by atoms with Crippen LogP contribution in [0, 0.1) is 0 Å². The Balaban J connectivity index is 1.63. The van der Waals surface area contributed by atoms with E-state index >= 15 is 0 Å². The third-order valence-corrected chi connectivity index (χ3v) is 6.56. The van der Waals surface area contributed by atoms with Crippen LogP contribution in [0.25, 0.3) is 49.7 Å². The molecule has 6 rings (SSSR count). The van der Waals surface area contributed by atoms with Gasteiger partial charge in [-0.05, 0) is 64.7 Å². The van der Waals surface area contributed by atoms with Crippen LogP contribution in [0.4, 0.5) is 0 Å². The van der Waals surface area contributed by atoms with Gasteiger partial charge in [0, 0.05) is 20.9 Å². The maximum absolute atomic E-state index is 3.66. The predicted molar refractivity (Wildman–Crippen MR) is 139 cm³/mol. The van der Waals surface area contributed by atoms with Gasteiger partial charge in [0.25, 0.3) is 0 Å². The molecule has 32 heavy (non-hydrogen) atoms. The minimum absolute atomic E-state index is 1.09. The lowest BCUT2D eigenvalue weighted by Crippen LogP contribution is -1.93. The summed E-state index contributed by atoms with van der Waals surface area (Å²) in [5.74, 6) is 0. The number of halogens is 1. The van der Waals surface area contributed by atoms with Gasteiger partial charge in [0.05, 0.1) is 11.0 Å². The van der Waals surface area contributed by atoms with Crippen molar-refractivity contribution in [2.75, 3.05) is 0 Å². The van der Waals surface area contributed by atoms with Crippen LogP contribution in [0.15, 0.2) is 126 Å². The van der Waals surface area contributed by atoms with E-state index in [0.29, 0.717) is 0 Å². The van der Waals surface area contributed by atoms with Crippen molar-refractivity contribution in [2.45, 2.75) is 0 Å². The number of benzene rings is 5. The normalized spacial score (nSPS) is 11.3. The van der Waals surface area contributed by atoms with Gasteiger partial charge in [-0.3, -0.25) is 0 Å². The Bertz CT molecular complexity index is 1560. The van der Waals surface area contributed by atoms with Gasteiger partial charge in [0.1, 0.15) is 0 Å². The summed E-state index contributed by atoms with van der Waals surface area (Å²) >= 11 is 3.66. The van der Waals surface area contributed by atoms with E-state index < -0.39 is 0 Å². The largest absolute Gasteiger partial charge is 0.309 e. The highest BCUT2D eigenvalue weighted by atomic mass is 79.9. The van der Waals surface area contributed by atoms with Crippen molar-refractivity contribution in [1.29, 1.82) is 0 Å². The molecule has 5 aromatic carbocycles. The smallest absolute Gasteiger partial charge is 0.0541 e. The van der Waals surface area contributed by atoms with Gasteiger partial charge in [-0.25, -0.2) is 0 Å². The Kier molecular flexibility index (Phi) is 4.66. The lowest BCUT2D eigenvalue weighted by Gasteiger charge is -2.12. The van der Waals surface area contributed by atoms with Gasteiger partial charge in [0.15, 0.2) is 0 Å². The molecule has 0 saturated heterocycles. The van der Waals surface area contributed by atoms with E-state index in [1.54, 1.807) is 0 Å². The molecule has 0 atom stereocenters. The first-order valence-corrected chi connectivity index (χ1v) is 11.5. The second-order valence-corrected chi connectivity index (χ2v) is 8.89. The first-order chi connectivity index (χ1) is 15.8. The molecule has 152 valence electrons. The van der Waals surface area contributed by atoms with Crippen LogP contribution in [0.3, 0.4) is 0 Å². The van der Waals surface area contributed by atoms with E-state index in [2.05, 4.69) is 142 Å². The monoisotopic (exact) mass is 473 g/mol. The summed E-state index contributed by atoms with van der Waals surface area (Å²) < 4.78 is 3.44. The topological polar surface area (TPSA) is 4.93 Å². The molecule has 1 aromatic heterocycles. The van der Waals surface area contributed by atoms with Crippen molar-refractivity contribution in [3.8, 4) is 27.9 Å². The minimum atomic E-state index is 1.09. The Morgan fingerprint density at radius 1 is 0.469 bits per heavy atom. The summed E-state index contributed by atoms with van der Waals surface area (Å²) in [6, 6.07) is 43.2. The van der Waals surface area contributed by atoms with Crippen LogP contribution in [-0.2, 0) is 0 Å². The van der Waals surface area contributed by atoms with Crippen LogP contribution in [0.1, 0.15) is 0 Å². The molecule has 0 amide bonds. The highest BCUT2D eigenvalue weighted by Gasteiger charge is 2.14. The second kappa shape index (κ2) is 7.81. The van der Waals surface area contributed by atoms with E-state index in [0.717, 1.165) is 4.47 Å². The van der Waals surface area contributed by atoms with E-state index in [4.69, 9.17) is 0 Å². The summed E-state index contributed by atoms with van der Waals surface area (Å²) in [7, 11) is 0. The molecule has 0 saturated carbocycles. The molecule has 0 aliphatic rings. The molecule has 0 N–H and O–H groups in total. The third kappa shape index (κ3) is 3.16. The zero-order chi connectivity index (χ0) is 21.5. The first-order valence-electron chi connectivity index (χ1n) is 10.7. The highest BCUT2D eigenvalue weighted by molar-refractivity contribution is 9.10. The third-order valence-electron chi connectivity index (χ3n) is 6.06. The SMILES string of the molecule is Brc1ccc(-c2ccc3c(c2)c2ccccc2n3-c2ccccc2)c(-c2ccccc2)c1. The van der Waals surface area contributed by atoms with E-state index in [-0.39, 0.29) is 0 Å². The molecule has 0 radical (unpaired) electrons. The van der Waals surface area contributed by atoms with E-state index in [9.17, 15) is 0 Å². The molecule has 0 bridgehead atoms. The highest BCUT2D eigenvalue weighted by Crippen LogP contribution is 2.38. The van der Waals surface area contributed by atoms with Crippen molar-refractivity contribution in [3.63, 3.8) is 0 Å². The van der Waals surface area contributed by atoms with E-state index in [1.165, 1.54) is 49.7 Å². The average molecular weight is 474 g/mol. The van der Waals surface area contributed by atoms with Crippen molar-refractivity contribution >= 4 is 37.7 Å². The molecule has 6 aromatic rings. The lowest BCUT2D eigenvalue weighted by molar-refractivity contribution is 1.18. The molecular weight excluding hydrogens is 454 g/mol. The second-order valence-electron chi connectivity index (χ2n) is 7.98. The van der Waals surface area contributed by atoms with Crippen molar-refractivity contribution in [2.24, 2.45) is 0 Å². The molecule has 0 spiro atoms. The van der Waals surface area contributed by atoms with Crippen molar-refractivity contribution < 1.29 is 0 Å². The molecule has 1 heterocycles. The van der Waals surface area contributed by atoms with Crippen LogP contribution >= 0.6 is 15.9 Å². The lowest BCUT2D eigenvalue weighted by atomic mass is 9.94. The maximum Gasteiger partial charge on any atom is 0.0541 e. The van der Waals surface area contributed by atoms with E-state index in [1.807, 2.05) is 0 Å². The summed E-state index contributed by atoms with van der Waals surface area (Å²) in [5, 5.41) is 2.54. The van der Waals surface area contributed by atoms with Crippen LogP contribution in [0.5, 0.6) is 0 Å². The number of nitrogens with zero attached hydrogens (tertiary/aromatic N) is 1. The van der Waals surface area contributed by atoms with Gasteiger partial charge in [-0.2, -0.15) is 0 Å². The van der Waals surface area contributed by atoms with Crippen molar-refractivity contribution in [1.82, 2.24) is 4.57 Å². The van der Waals surface area contributed by atoms with Crippen molar-refractivity contribution in [3.05, 3.63) is 126 Å². The Labute approximate surface area is 195 Å².